The molecule has 0 aromatic heterocycles. The van der Waals surface area contributed by atoms with Crippen molar-refractivity contribution >= 4 is 40.7 Å². The van der Waals surface area contributed by atoms with Gasteiger partial charge in [0, 0.05) is 36.9 Å². The fourth-order valence-electron chi connectivity index (χ4n) is 2.90. The maximum atomic E-state index is 13.0. The normalized spacial score (nSPS) is 14.2. The van der Waals surface area contributed by atoms with E-state index in [0.717, 1.165) is 5.69 Å². The molecular formula is C19H18Cl2FN3O2. The van der Waals surface area contributed by atoms with Crippen LogP contribution in [0.25, 0.3) is 0 Å². The summed E-state index contributed by atoms with van der Waals surface area (Å²) in [7, 11) is 0. The molecule has 2 aromatic carbocycles. The van der Waals surface area contributed by atoms with Gasteiger partial charge in [-0.1, -0.05) is 23.2 Å². The first kappa shape index (κ1) is 19.5. The van der Waals surface area contributed by atoms with Crippen LogP contribution in [0.1, 0.15) is 10.4 Å². The van der Waals surface area contributed by atoms with E-state index in [1.165, 1.54) is 24.3 Å². The second-order valence-electron chi connectivity index (χ2n) is 6.15. The third-order valence-corrected chi connectivity index (χ3v) is 4.95. The van der Waals surface area contributed by atoms with Crippen molar-refractivity contribution in [1.29, 1.82) is 0 Å². The summed E-state index contributed by atoms with van der Waals surface area (Å²) in [5.74, 6) is -0.855. The standard InChI is InChI=1S/C19H18Cl2FN3O2/c20-13-1-6-16(17(21)11-13)19(27)23-12-18(26)25-9-7-24(8-10-25)15-4-2-14(22)3-5-15/h1-6,11H,7-10,12H2,(H,23,27). The molecule has 1 aliphatic heterocycles. The van der Waals surface area contributed by atoms with Gasteiger partial charge in [0.15, 0.2) is 0 Å². The van der Waals surface area contributed by atoms with Crippen LogP contribution in [0.5, 0.6) is 0 Å². The average Bonchev–Trinajstić information content (AvgIpc) is 2.66. The highest BCUT2D eigenvalue weighted by Crippen LogP contribution is 2.21. The number of anilines is 1. The first-order chi connectivity index (χ1) is 12.9. The van der Waals surface area contributed by atoms with Crippen LogP contribution >= 0.6 is 23.2 Å². The Hall–Kier alpha value is -2.31. The van der Waals surface area contributed by atoms with Crippen molar-refractivity contribution in [2.75, 3.05) is 37.6 Å². The third kappa shape index (κ3) is 4.90. The molecule has 8 heteroatoms. The Kier molecular flexibility index (Phi) is 6.19. The van der Waals surface area contributed by atoms with Crippen molar-refractivity contribution in [1.82, 2.24) is 10.2 Å². The molecule has 0 saturated carbocycles. The van der Waals surface area contributed by atoms with Crippen molar-refractivity contribution in [3.63, 3.8) is 0 Å². The van der Waals surface area contributed by atoms with Gasteiger partial charge in [0.1, 0.15) is 5.82 Å². The number of amides is 2. The summed E-state index contributed by atoms with van der Waals surface area (Å²) < 4.78 is 13.0. The fourth-order valence-corrected chi connectivity index (χ4v) is 3.40. The Balaban J connectivity index is 1.49. The molecule has 0 spiro atoms. The van der Waals surface area contributed by atoms with Crippen molar-refractivity contribution in [3.8, 4) is 0 Å². The van der Waals surface area contributed by atoms with Crippen molar-refractivity contribution in [3.05, 3.63) is 63.9 Å². The lowest BCUT2D eigenvalue weighted by Crippen LogP contribution is -2.51. The minimum absolute atomic E-state index is 0.103. The van der Waals surface area contributed by atoms with E-state index in [4.69, 9.17) is 23.2 Å². The van der Waals surface area contributed by atoms with Gasteiger partial charge in [0.25, 0.3) is 5.91 Å². The number of carbonyl (C=O) groups excluding carboxylic acids is 2. The number of hydrogen-bond acceptors (Lipinski definition) is 3. The summed E-state index contributed by atoms with van der Waals surface area (Å²) in [6.07, 6.45) is 0. The number of benzene rings is 2. The topological polar surface area (TPSA) is 52.7 Å². The summed E-state index contributed by atoms with van der Waals surface area (Å²) in [6, 6.07) is 10.9. The smallest absolute Gasteiger partial charge is 0.253 e. The lowest BCUT2D eigenvalue weighted by atomic mass is 10.2. The zero-order valence-corrected chi connectivity index (χ0v) is 15.9. The molecule has 5 nitrogen and oxygen atoms in total. The number of hydrogen-bond donors (Lipinski definition) is 1. The second-order valence-corrected chi connectivity index (χ2v) is 6.99. The molecule has 1 heterocycles. The molecular weight excluding hydrogens is 392 g/mol. The van der Waals surface area contributed by atoms with E-state index in [9.17, 15) is 14.0 Å². The number of carbonyl (C=O) groups is 2. The lowest BCUT2D eigenvalue weighted by Gasteiger charge is -2.36. The molecule has 1 saturated heterocycles. The van der Waals surface area contributed by atoms with Gasteiger partial charge < -0.3 is 15.1 Å². The summed E-state index contributed by atoms with van der Waals surface area (Å²) in [5.41, 5.74) is 1.20. The van der Waals surface area contributed by atoms with Crippen LogP contribution in [-0.4, -0.2) is 49.4 Å². The van der Waals surface area contributed by atoms with Crippen LogP contribution in [0, 0.1) is 5.82 Å². The molecule has 3 rings (SSSR count). The maximum Gasteiger partial charge on any atom is 0.253 e. The first-order valence-corrected chi connectivity index (χ1v) is 9.21. The summed E-state index contributed by atoms with van der Waals surface area (Å²) in [6.45, 7) is 2.26. The van der Waals surface area contributed by atoms with Crippen LogP contribution in [0.4, 0.5) is 10.1 Å². The molecule has 0 radical (unpaired) electrons. The maximum absolute atomic E-state index is 13.0. The van der Waals surface area contributed by atoms with Crippen LogP contribution in [-0.2, 0) is 4.79 Å². The number of nitrogens with zero attached hydrogens (tertiary/aromatic N) is 2. The van der Waals surface area contributed by atoms with E-state index in [0.29, 0.717) is 31.2 Å². The molecule has 0 bridgehead atoms. The van der Waals surface area contributed by atoms with E-state index in [-0.39, 0.29) is 28.9 Å². The van der Waals surface area contributed by atoms with Crippen molar-refractivity contribution < 1.29 is 14.0 Å². The minimum Gasteiger partial charge on any atom is -0.368 e. The zero-order valence-electron chi connectivity index (χ0n) is 14.4. The largest absolute Gasteiger partial charge is 0.368 e. The Morgan fingerprint density at radius 1 is 1.00 bits per heavy atom. The van der Waals surface area contributed by atoms with Crippen molar-refractivity contribution in [2.24, 2.45) is 0 Å². The molecule has 0 unspecified atom stereocenters. The molecule has 2 amide bonds. The Morgan fingerprint density at radius 2 is 1.67 bits per heavy atom. The van der Waals surface area contributed by atoms with Gasteiger partial charge >= 0.3 is 0 Å². The van der Waals surface area contributed by atoms with Crippen LogP contribution in [0.2, 0.25) is 10.0 Å². The predicted octanol–water partition coefficient (Wildman–Crippen LogP) is 3.21. The predicted molar refractivity (Wildman–Crippen MR) is 104 cm³/mol. The van der Waals surface area contributed by atoms with E-state index < -0.39 is 5.91 Å². The Labute approximate surface area is 166 Å². The summed E-state index contributed by atoms with van der Waals surface area (Å²) >= 11 is 11.8. The molecule has 142 valence electrons. The van der Waals surface area contributed by atoms with E-state index in [1.54, 1.807) is 23.1 Å². The molecule has 27 heavy (non-hydrogen) atoms. The van der Waals surface area contributed by atoms with Gasteiger partial charge in [-0.2, -0.15) is 0 Å². The molecule has 0 atom stereocenters. The van der Waals surface area contributed by atoms with E-state index in [2.05, 4.69) is 10.2 Å². The van der Waals surface area contributed by atoms with E-state index >= 15 is 0 Å². The molecule has 2 aromatic rings. The summed E-state index contributed by atoms with van der Waals surface area (Å²) in [5, 5.41) is 3.27. The Bertz CT molecular complexity index is 837. The average molecular weight is 410 g/mol. The van der Waals surface area contributed by atoms with Crippen LogP contribution in [0.3, 0.4) is 0 Å². The van der Waals surface area contributed by atoms with Crippen LogP contribution in [0.15, 0.2) is 42.5 Å². The first-order valence-electron chi connectivity index (χ1n) is 8.45. The number of nitrogens with one attached hydrogen (secondary N) is 1. The molecule has 1 fully saturated rings. The van der Waals surface area contributed by atoms with Gasteiger partial charge in [0.2, 0.25) is 5.91 Å². The van der Waals surface area contributed by atoms with Gasteiger partial charge in [-0.05, 0) is 42.5 Å². The fraction of sp³-hybridized carbons (Fsp3) is 0.263. The highest BCUT2D eigenvalue weighted by Gasteiger charge is 2.22. The minimum atomic E-state index is -0.421. The number of piperazine rings is 1. The molecule has 1 aliphatic rings. The highest BCUT2D eigenvalue weighted by atomic mass is 35.5. The number of halogens is 3. The molecule has 1 N–H and O–H groups in total. The van der Waals surface area contributed by atoms with Crippen molar-refractivity contribution in [2.45, 2.75) is 0 Å². The Morgan fingerprint density at radius 3 is 2.30 bits per heavy atom. The van der Waals surface area contributed by atoms with Gasteiger partial charge in [-0.25, -0.2) is 4.39 Å². The van der Waals surface area contributed by atoms with Gasteiger partial charge in [0.05, 0.1) is 17.1 Å². The number of rotatable bonds is 4. The third-order valence-electron chi connectivity index (χ3n) is 4.40. The van der Waals surface area contributed by atoms with Gasteiger partial charge in [-0.3, -0.25) is 9.59 Å². The quantitative estimate of drug-likeness (QED) is 0.843. The molecule has 0 aliphatic carbocycles. The SMILES string of the molecule is O=C(NCC(=O)N1CCN(c2ccc(F)cc2)CC1)c1ccc(Cl)cc1Cl. The van der Waals surface area contributed by atoms with Gasteiger partial charge in [-0.15, -0.1) is 0 Å². The lowest BCUT2D eigenvalue weighted by molar-refractivity contribution is -0.130. The zero-order chi connectivity index (χ0) is 19.4. The second kappa shape index (κ2) is 8.59. The van der Waals surface area contributed by atoms with E-state index in [1.807, 2.05) is 0 Å². The monoisotopic (exact) mass is 409 g/mol. The van der Waals surface area contributed by atoms with Crippen LogP contribution < -0.4 is 10.2 Å². The summed E-state index contributed by atoms with van der Waals surface area (Å²) in [4.78, 5) is 28.3. The highest BCUT2D eigenvalue weighted by molar-refractivity contribution is 6.36.